The van der Waals surface area contributed by atoms with Crippen molar-refractivity contribution in [3.63, 3.8) is 0 Å². The molecule has 2 saturated heterocycles. The van der Waals surface area contributed by atoms with Crippen LogP contribution >= 0.6 is 0 Å². The maximum atomic E-state index is 12.7. The molecule has 0 atom stereocenters. The van der Waals surface area contributed by atoms with E-state index in [1.807, 2.05) is 12.1 Å². The smallest absolute Gasteiger partial charge is 0.325 e. The first-order valence-electron chi connectivity index (χ1n) is 8.13. The van der Waals surface area contributed by atoms with E-state index in [1.54, 1.807) is 0 Å². The van der Waals surface area contributed by atoms with Gasteiger partial charge in [-0.25, -0.2) is 4.79 Å². The number of hydrogen-bond donors (Lipinski definition) is 1. The molecule has 5 heteroatoms. The molecule has 2 aliphatic rings. The van der Waals surface area contributed by atoms with Gasteiger partial charge in [0.15, 0.2) is 0 Å². The second-order valence-electron chi connectivity index (χ2n) is 7.46. The Morgan fingerprint density at radius 2 is 1.74 bits per heavy atom. The average molecular weight is 316 g/mol. The summed E-state index contributed by atoms with van der Waals surface area (Å²) in [6, 6.07) is 7.83. The lowest BCUT2D eigenvalue weighted by Crippen LogP contribution is -2.51. The van der Waals surface area contributed by atoms with E-state index in [-0.39, 0.29) is 17.4 Å². The molecule has 2 fully saturated rings. The Kier molecular flexibility index (Phi) is 3.92. The lowest BCUT2D eigenvalue weighted by molar-refractivity contribution is -0.134. The molecule has 0 aliphatic carbocycles. The molecule has 0 radical (unpaired) electrons. The SMILES string of the molecule is CC(C)(C)c1ccc(CN2C(=O)NC3(CCOCC3)C2=O)cc1. The molecule has 3 rings (SSSR count). The monoisotopic (exact) mass is 316 g/mol. The molecule has 0 unspecified atom stereocenters. The molecule has 0 aromatic heterocycles. The zero-order valence-corrected chi connectivity index (χ0v) is 14.0. The van der Waals surface area contributed by atoms with Crippen LogP contribution in [0.3, 0.4) is 0 Å². The van der Waals surface area contributed by atoms with Crippen LogP contribution in [0.25, 0.3) is 0 Å². The van der Waals surface area contributed by atoms with E-state index in [4.69, 9.17) is 4.74 Å². The average Bonchev–Trinajstić information content (AvgIpc) is 2.72. The fourth-order valence-electron chi connectivity index (χ4n) is 3.17. The summed E-state index contributed by atoms with van der Waals surface area (Å²) in [5.74, 6) is -0.120. The zero-order chi connectivity index (χ0) is 16.7. The Hall–Kier alpha value is -1.88. The molecule has 124 valence electrons. The van der Waals surface area contributed by atoms with Gasteiger partial charge in [0.25, 0.3) is 5.91 Å². The molecule has 2 heterocycles. The Morgan fingerprint density at radius 3 is 2.30 bits per heavy atom. The molecular formula is C18H24N2O3. The van der Waals surface area contributed by atoms with Crippen LogP contribution in [0, 0.1) is 0 Å². The molecule has 5 nitrogen and oxygen atoms in total. The van der Waals surface area contributed by atoms with E-state index in [0.717, 1.165) is 5.56 Å². The third-order valence-electron chi connectivity index (χ3n) is 4.75. The lowest BCUT2D eigenvalue weighted by atomic mass is 9.86. The first-order chi connectivity index (χ1) is 10.8. The number of hydrogen-bond acceptors (Lipinski definition) is 3. The number of rotatable bonds is 2. The Morgan fingerprint density at radius 1 is 1.13 bits per heavy atom. The van der Waals surface area contributed by atoms with E-state index < -0.39 is 5.54 Å². The van der Waals surface area contributed by atoms with Crippen LogP contribution in [-0.4, -0.2) is 35.6 Å². The highest BCUT2D eigenvalue weighted by molar-refractivity contribution is 6.07. The summed E-state index contributed by atoms with van der Waals surface area (Å²) in [6.45, 7) is 7.83. The number of carbonyl (C=O) groups excluding carboxylic acids is 2. The van der Waals surface area contributed by atoms with E-state index in [2.05, 4.69) is 38.2 Å². The van der Waals surface area contributed by atoms with Gasteiger partial charge in [0.2, 0.25) is 0 Å². The van der Waals surface area contributed by atoms with Crippen LogP contribution in [-0.2, 0) is 21.5 Å². The molecule has 1 N–H and O–H groups in total. The Bertz CT molecular complexity index is 610. The maximum absolute atomic E-state index is 12.7. The van der Waals surface area contributed by atoms with Gasteiger partial charge in [-0.1, -0.05) is 45.0 Å². The molecule has 23 heavy (non-hydrogen) atoms. The molecule has 2 aliphatic heterocycles. The van der Waals surface area contributed by atoms with E-state index >= 15 is 0 Å². The predicted molar refractivity (Wildman–Crippen MR) is 87.0 cm³/mol. The Balaban J connectivity index is 1.75. The number of ether oxygens (including phenoxy) is 1. The summed E-state index contributed by atoms with van der Waals surface area (Å²) in [6.07, 6.45) is 1.11. The van der Waals surface area contributed by atoms with Crippen molar-refractivity contribution in [3.05, 3.63) is 35.4 Å². The van der Waals surface area contributed by atoms with E-state index in [1.165, 1.54) is 10.5 Å². The van der Waals surface area contributed by atoms with Crippen molar-refractivity contribution in [2.75, 3.05) is 13.2 Å². The summed E-state index contributed by atoms with van der Waals surface area (Å²) in [5.41, 5.74) is 1.54. The number of amides is 3. The number of nitrogens with one attached hydrogen (secondary N) is 1. The van der Waals surface area contributed by atoms with Gasteiger partial charge in [-0.2, -0.15) is 0 Å². The minimum Gasteiger partial charge on any atom is -0.381 e. The quantitative estimate of drug-likeness (QED) is 0.853. The van der Waals surface area contributed by atoms with Crippen LogP contribution in [0.1, 0.15) is 44.7 Å². The van der Waals surface area contributed by atoms with Gasteiger partial charge in [-0.3, -0.25) is 9.69 Å². The standard InChI is InChI=1S/C18H24N2O3/c1-17(2,3)14-6-4-13(5-7-14)12-20-15(21)18(19-16(20)22)8-10-23-11-9-18/h4-7H,8-12H2,1-3H3,(H,19,22). The van der Waals surface area contributed by atoms with Crippen LogP contribution < -0.4 is 5.32 Å². The van der Waals surface area contributed by atoms with Gasteiger partial charge >= 0.3 is 6.03 Å². The fraction of sp³-hybridized carbons (Fsp3) is 0.556. The van der Waals surface area contributed by atoms with E-state index in [0.29, 0.717) is 32.6 Å². The number of imide groups is 1. The summed E-state index contributed by atoms with van der Waals surface area (Å²) < 4.78 is 5.32. The van der Waals surface area contributed by atoms with Crippen molar-refractivity contribution in [2.45, 2.75) is 51.1 Å². The first kappa shape index (κ1) is 16.0. The van der Waals surface area contributed by atoms with Crippen molar-refractivity contribution >= 4 is 11.9 Å². The van der Waals surface area contributed by atoms with Gasteiger partial charge in [0.05, 0.1) is 6.54 Å². The first-order valence-corrected chi connectivity index (χ1v) is 8.13. The van der Waals surface area contributed by atoms with Crippen molar-refractivity contribution in [2.24, 2.45) is 0 Å². The maximum Gasteiger partial charge on any atom is 0.325 e. The zero-order valence-electron chi connectivity index (χ0n) is 14.0. The highest BCUT2D eigenvalue weighted by Gasteiger charge is 2.51. The van der Waals surface area contributed by atoms with Crippen LogP contribution in [0.4, 0.5) is 4.79 Å². The van der Waals surface area contributed by atoms with Crippen LogP contribution in [0.15, 0.2) is 24.3 Å². The number of urea groups is 1. The highest BCUT2D eigenvalue weighted by Crippen LogP contribution is 2.30. The van der Waals surface area contributed by atoms with Gasteiger partial charge in [0, 0.05) is 26.1 Å². The van der Waals surface area contributed by atoms with Crippen molar-refractivity contribution in [1.82, 2.24) is 10.2 Å². The fourth-order valence-corrected chi connectivity index (χ4v) is 3.17. The van der Waals surface area contributed by atoms with Crippen molar-refractivity contribution < 1.29 is 14.3 Å². The number of benzene rings is 1. The van der Waals surface area contributed by atoms with Gasteiger partial charge < -0.3 is 10.1 Å². The summed E-state index contributed by atoms with van der Waals surface area (Å²) >= 11 is 0. The van der Waals surface area contributed by atoms with Gasteiger partial charge in [-0.05, 0) is 16.5 Å². The molecule has 1 aromatic carbocycles. The van der Waals surface area contributed by atoms with Crippen LogP contribution in [0.2, 0.25) is 0 Å². The van der Waals surface area contributed by atoms with Crippen molar-refractivity contribution in [1.29, 1.82) is 0 Å². The van der Waals surface area contributed by atoms with Gasteiger partial charge in [-0.15, -0.1) is 0 Å². The number of nitrogens with zero attached hydrogens (tertiary/aromatic N) is 1. The molecule has 0 saturated carbocycles. The highest BCUT2D eigenvalue weighted by atomic mass is 16.5. The Labute approximate surface area is 137 Å². The molecule has 3 amide bonds. The van der Waals surface area contributed by atoms with Crippen LogP contribution in [0.5, 0.6) is 0 Å². The number of carbonyl (C=O) groups is 2. The minimum absolute atomic E-state index is 0.0888. The molecule has 1 aromatic rings. The third-order valence-corrected chi connectivity index (χ3v) is 4.75. The minimum atomic E-state index is -0.749. The topological polar surface area (TPSA) is 58.6 Å². The second-order valence-corrected chi connectivity index (χ2v) is 7.46. The lowest BCUT2D eigenvalue weighted by Gasteiger charge is -2.30. The summed E-state index contributed by atoms with van der Waals surface area (Å²) in [4.78, 5) is 26.3. The largest absolute Gasteiger partial charge is 0.381 e. The second kappa shape index (κ2) is 5.64. The summed E-state index contributed by atoms with van der Waals surface area (Å²) in [7, 11) is 0. The van der Waals surface area contributed by atoms with Gasteiger partial charge in [0.1, 0.15) is 5.54 Å². The molecular weight excluding hydrogens is 292 g/mol. The van der Waals surface area contributed by atoms with E-state index in [9.17, 15) is 9.59 Å². The summed E-state index contributed by atoms with van der Waals surface area (Å²) in [5, 5.41) is 2.88. The predicted octanol–water partition coefficient (Wildman–Crippen LogP) is 2.59. The molecule has 1 spiro atoms. The normalized spacial score (nSPS) is 20.9. The van der Waals surface area contributed by atoms with Crippen molar-refractivity contribution in [3.8, 4) is 0 Å². The molecule has 0 bridgehead atoms. The third kappa shape index (κ3) is 2.98.